The highest BCUT2D eigenvalue weighted by atomic mass is 35.5. The normalized spacial score (nSPS) is 18.6. The Morgan fingerprint density at radius 2 is 1.71 bits per heavy atom. The molecule has 1 atom stereocenters. The number of benzene rings is 2. The van der Waals surface area contributed by atoms with Crippen LogP contribution in [0.15, 0.2) is 59.8 Å². The quantitative estimate of drug-likeness (QED) is 0.527. The summed E-state index contributed by atoms with van der Waals surface area (Å²) in [5.41, 5.74) is 3.53. The minimum absolute atomic E-state index is 0.0965. The molecule has 2 aromatic rings. The zero-order chi connectivity index (χ0) is 27.4. The average Bonchev–Trinajstić information content (AvgIpc) is 2.91. The van der Waals surface area contributed by atoms with E-state index < -0.39 is 12.0 Å². The van der Waals surface area contributed by atoms with E-state index in [0.717, 1.165) is 5.56 Å². The zero-order valence-corrected chi connectivity index (χ0v) is 23.1. The Morgan fingerprint density at radius 1 is 1.05 bits per heavy atom. The molecule has 0 saturated carbocycles. The first kappa shape index (κ1) is 27.7. The summed E-state index contributed by atoms with van der Waals surface area (Å²) in [6.45, 7) is 8.85. The Hall–Kier alpha value is -3.36. The molecule has 202 valence electrons. The Morgan fingerprint density at radius 3 is 2.32 bits per heavy atom. The van der Waals surface area contributed by atoms with E-state index in [1.54, 1.807) is 43.1 Å². The molecule has 1 N–H and O–H groups in total. The number of amides is 3. The lowest BCUT2D eigenvalue weighted by Gasteiger charge is -2.39. The summed E-state index contributed by atoms with van der Waals surface area (Å²) in [4.78, 5) is 44.7. The molecule has 0 aliphatic carbocycles. The third-order valence-corrected chi connectivity index (χ3v) is 7.48. The van der Waals surface area contributed by atoms with E-state index in [1.165, 1.54) is 10.5 Å². The lowest BCUT2D eigenvalue weighted by atomic mass is 9.92. The third kappa shape index (κ3) is 5.87. The van der Waals surface area contributed by atoms with Gasteiger partial charge in [0, 0.05) is 45.5 Å². The van der Waals surface area contributed by atoms with Crippen LogP contribution in [-0.4, -0.2) is 79.0 Å². The molecule has 8 nitrogen and oxygen atoms in total. The summed E-state index contributed by atoms with van der Waals surface area (Å²) < 4.78 is 5.45. The molecular formula is C29H35ClN4O4. The number of urea groups is 1. The number of likely N-dealkylation sites (N-methyl/N-ethyl adjacent to an activating group) is 1. The van der Waals surface area contributed by atoms with Gasteiger partial charge in [0.15, 0.2) is 0 Å². The van der Waals surface area contributed by atoms with Gasteiger partial charge in [-0.3, -0.25) is 14.6 Å². The molecule has 1 fully saturated rings. The predicted molar refractivity (Wildman–Crippen MR) is 147 cm³/mol. The number of hydrogen-bond donors (Lipinski definition) is 1. The molecule has 3 amide bonds. The smallest absolute Gasteiger partial charge is 0.338 e. The Kier molecular flexibility index (Phi) is 8.74. The topological polar surface area (TPSA) is 82.2 Å². The molecule has 0 aromatic heterocycles. The van der Waals surface area contributed by atoms with Gasteiger partial charge in [0.2, 0.25) is 0 Å². The molecule has 2 aliphatic rings. The van der Waals surface area contributed by atoms with Gasteiger partial charge in [0.25, 0.3) is 5.91 Å². The fourth-order valence-electron chi connectivity index (χ4n) is 4.85. The van der Waals surface area contributed by atoms with Crippen LogP contribution < -0.4 is 5.32 Å². The number of rotatable bonds is 7. The average molecular weight is 539 g/mol. The summed E-state index contributed by atoms with van der Waals surface area (Å²) in [6, 6.07) is 14.1. The van der Waals surface area contributed by atoms with Crippen molar-refractivity contribution in [2.75, 3.05) is 46.4 Å². The fourth-order valence-corrected chi connectivity index (χ4v) is 5.06. The predicted octanol–water partition coefficient (Wildman–Crippen LogP) is 4.43. The maximum absolute atomic E-state index is 13.2. The maximum Gasteiger partial charge on any atom is 0.338 e. The molecule has 4 rings (SSSR count). The maximum atomic E-state index is 13.2. The van der Waals surface area contributed by atoms with Crippen molar-refractivity contribution in [1.82, 2.24) is 20.0 Å². The lowest BCUT2D eigenvalue weighted by Crippen LogP contribution is -2.53. The van der Waals surface area contributed by atoms with Crippen molar-refractivity contribution in [1.29, 1.82) is 0 Å². The van der Waals surface area contributed by atoms with Crippen molar-refractivity contribution < 1.29 is 19.1 Å². The molecule has 38 heavy (non-hydrogen) atoms. The highest BCUT2D eigenvalue weighted by molar-refractivity contribution is 6.33. The summed E-state index contributed by atoms with van der Waals surface area (Å²) in [5.74, 6) is -0.171. The van der Waals surface area contributed by atoms with Crippen LogP contribution in [0.4, 0.5) is 4.79 Å². The van der Waals surface area contributed by atoms with Crippen molar-refractivity contribution in [2.45, 2.75) is 32.7 Å². The van der Waals surface area contributed by atoms with E-state index in [-0.39, 0.29) is 18.5 Å². The first-order valence-corrected chi connectivity index (χ1v) is 13.4. The highest BCUT2D eigenvalue weighted by Crippen LogP contribution is 2.32. The molecule has 0 radical (unpaired) electrons. The van der Waals surface area contributed by atoms with Gasteiger partial charge < -0.3 is 15.0 Å². The molecule has 0 spiro atoms. The summed E-state index contributed by atoms with van der Waals surface area (Å²) in [5, 5.41) is 3.41. The molecular weight excluding hydrogens is 504 g/mol. The van der Waals surface area contributed by atoms with Crippen LogP contribution >= 0.6 is 11.6 Å². The molecule has 2 heterocycles. The largest absolute Gasteiger partial charge is 0.463 e. The van der Waals surface area contributed by atoms with E-state index in [9.17, 15) is 14.4 Å². The number of piperazine rings is 1. The first-order valence-electron chi connectivity index (χ1n) is 13.0. The SMILES string of the molecule is CCOC(=O)C1=C(CN2CCN(C(=O)c3ccccc3Cl)CC2)N(C)C(=O)N[C@@H]1c1ccc(C(C)C)cc1. The molecule has 2 aromatic carbocycles. The van der Waals surface area contributed by atoms with Crippen molar-refractivity contribution in [3.8, 4) is 0 Å². The number of carbonyl (C=O) groups is 3. The molecule has 9 heteroatoms. The van der Waals surface area contributed by atoms with Gasteiger partial charge in [0.1, 0.15) is 0 Å². The first-order chi connectivity index (χ1) is 18.2. The summed E-state index contributed by atoms with van der Waals surface area (Å²) in [7, 11) is 1.67. The van der Waals surface area contributed by atoms with Crippen LogP contribution in [0.25, 0.3) is 0 Å². The van der Waals surface area contributed by atoms with Crippen LogP contribution in [0.2, 0.25) is 5.02 Å². The van der Waals surface area contributed by atoms with Crippen LogP contribution in [-0.2, 0) is 9.53 Å². The van der Waals surface area contributed by atoms with Crippen LogP contribution in [0.5, 0.6) is 0 Å². The second-order valence-corrected chi connectivity index (χ2v) is 10.3. The van der Waals surface area contributed by atoms with E-state index in [0.29, 0.717) is 60.5 Å². The zero-order valence-electron chi connectivity index (χ0n) is 22.4. The van der Waals surface area contributed by atoms with Crippen molar-refractivity contribution in [3.05, 3.63) is 81.5 Å². The fraction of sp³-hybridized carbons (Fsp3) is 0.414. The summed E-state index contributed by atoms with van der Waals surface area (Å²) in [6.07, 6.45) is 0. The number of nitrogens with zero attached hydrogens (tertiary/aromatic N) is 3. The molecule has 2 aliphatic heterocycles. The van der Waals surface area contributed by atoms with Gasteiger partial charge in [-0.25, -0.2) is 9.59 Å². The van der Waals surface area contributed by atoms with E-state index in [2.05, 4.69) is 24.1 Å². The van der Waals surface area contributed by atoms with E-state index in [4.69, 9.17) is 16.3 Å². The molecule has 0 bridgehead atoms. The highest BCUT2D eigenvalue weighted by Gasteiger charge is 2.38. The van der Waals surface area contributed by atoms with Crippen LogP contribution in [0.3, 0.4) is 0 Å². The van der Waals surface area contributed by atoms with E-state index >= 15 is 0 Å². The minimum Gasteiger partial charge on any atom is -0.463 e. The van der Waals surface area contributed by atoms with Gasteiger partial charge in [0.05, 0.1) is 28.8 Å². The number of carbonyl (C=O) groups excluding carboxylic acids is 3. The van der Waals surface area contributed by atoms with Gasteiger partial charge in [-0.2, -0.15) is 0 Å². The Balaban J connectivity index is 1.57. The second-order valence-electron chi connectivity index (χ2n) is 9.89. The van der Waals surface area contributed by atoms with Crippen LogP contribution in [0, 0.1) is 0 Å². The number of nitrogens with one attached hydrogen (secondary N) is 1. The van der Waals surface area contributed by atoms with Crippen molar-refractivity contribution in [3.63, 3.8) is 0 Å². The monoisotopic (exact) mass is 538 g/mol. The number of esters is 1. The summed E-state index contributed by atoms with van der Waals surface area (Å²) >= 11 is 6.23. The van der Waals surface area contributed by atoms with Gasteiger partial charge >= 0.3 is 12.0 Å². The van der Waals surface area contributed by atoms with Crippen molar-refractivity contribution in [2.24, 2.45) is 0 Å². The van der Waals surface area contributed by atoms with Crippen molar-refractivity contribution >= 4 is 29.5 Å². The van der Waals surface area contributed by atoms with Crippen LogP contribution in [0.1, 0.15) is 54.2 Å². The standard InChI is InChI=1S/C29H35ClN4O4/c1-5-38-28(36)25-24(32(4)29(37)31-26(25)21-12-10-20(11-13-21)19(2)3)18-33-14-16-34(17-15-33)27(35)22-8-6-7-9-23(22)30/h6-13,19,26H,5,14-18H2,1-4H3,(H,31,37)/t26-/m1/s1. The Labute approximate surface area is 229 Å². The second kappa shape index (κ2) is 12.0. The number of halogens is 1. The van der Waals surface area contributed by atoms with Gasteiger partial charge in [-0.1, -0.05) is 61.8 Å². The number of hydrogen-bond acceptors (Lipinski definition) is 5. The number of ether oxygens (including phenoxy) is 1. The van der Waals surface area contributed by atoms with Gasteiger partial charge in [-0.15, -0.1) is 0 Å². The lowest BCUT2D eigenvalue weighted by molar-refractivity contribution is -0.139. The van der Waals surface area contributed by atoms with E-state index in [1.807, 2.05) is 24.3 Å². The third-order valence-electron chi connectivity index (χ3n) is 7.15. The minimum atomic E-state index is -0.614. The van der Waals surface area contributed by atoms with Gasteiger partial charge in [-0.05, 0) is 36.1 Å². The molecule has 1 saturated heterocycles. The Bertz CT molecular complexity index is 1220. The molecule has 0 unspecified atom stereocenters.